The Morgan fingerprint density at radius 2 is 0.769 bits per heavy atom. The summed E-state index contributed by atoms with van der Waals surface area (Å²) < 4.78 is 4.80. The van der Waals surface area contributed by atoms with Crippen molar-refractivity contribution < 1.29 is 0 Å². The van der Waals surface area contributed by atoms with Gasteiger partial charge in [0.15, 0.2) is 0 Å². The van der Waals surface area contributed by atoms with E-state index in [0.29, 0.717) is 0 Å². The minimum absolute atomic E-state index is 1.17. The molecule has 9 aromatic carbocycles. The molecule has 0 bridgehead atoms. The Morgan fingerprint density at radius 1 is 0.250 bits per heavy atom. The third kappa shape index (κ3) is 4.31. The number of rotatable bonds is 4. The van der Waals surface area contributed by atoms with Crippen LogP contribution in [0, 0.1) is 0 Å². The maximum Gasteiger partial charge on any atom is 0.0547 e. The molecule has 0 atom stereocenters. The van der Waals surface area contributed by atoms with Crippen LogP contribution < -0.4 is 0 Å². The summed E-state index contributed by atoms with van der Waals surface area (Å²) in [7, 11) is 0. The van der Waals surface area contributed by atoms with E-state index in [0.717, 1.165) is 0 Å². The summed E-state index contributed by atoms with van der Waals surface area (Å²) in [5.74, 6) is 0. The van der Waals surface area contributed by atoms with Gasteiger partial charge in [0.1, 0.15) is 0 Å². The van der Waals surface area contributed by atoms with Gasteiger partial charge in [0.25, 0.3) is 0 Å². The Morgan fingerprint density at radius 3 is 1.44 bits per heavy atom. The average Bonchev–Trinajstić information content (AvgIpc) is 3.72. The first kappa shape index (κ1) is 28.9. The van der Waals surface area contributed by atoms with Crippen LogP contribution in [-0.2, 0) is 0 Å². The van der Waals surface area contributed by atoms with Gasteiger partial charge in [0.2, 0.25) is 0 Å². The van der Waals surface area contributed by atoms with Crippen molar-refractivity contribution in [2.24, 2.45) is 0 Å². The van der Waals surface area contributed by atoms with Crippen LogP contribution in [0.4, 0.5) is 0 Å². The lowest BCUT2D eigenvalue weighted by Gasteiger charge is -2.15. The van der Waals surface area contributed by atoms with Crippen molar-refractivity contribution in [2.45, 2.75) is 0 Å². The van der Waals surface area contributed by atoms with E-state index in [4.69, 9.17) is 0 Å². The summed E-state index contributed by atoms with van der Waals surface area (Å²) in [6.07, 6.45) is 0. The Hall–Kier alpha value is -6.90. The second-order valence-corrected chi connectivity index (χ2v) is 13.7. The summed E-state index contributed by atoms with van der Waals surface area (Å²) in [6, 6.07) is 71.1. The number of nitrogens with zero attached hydrogens (tertiary/aromatic N) is 2. The van der Waals surface area contributed by atoms with Crippen LogP contribution in [-0.4, -0.2) is 9.13 Å². The molecule has 11 aromatic rings. The van der Waals surface area contributed by atoms with E-state index >= 15 is 0 Å². The van der Waals surface area contributed by atoms with Gasteiger partial charge in [-0.05, 0) is 117 Å². The van der Waals surface area contributed by atoms with Crippen molar-refractivity contribution in [1.82, 2.24) is 9.13 Å². The molecule has 242 valence electrons. The first-order chi connectivity index (χ1) is 25.8. The third-order valence-electron chi connectivity index (χ3n) is 10.9. The van der Waals surface area contributed by atoms with E-state index in [1.165, 1.54) is 98.8 Å². The molecule has 2 aromatic heterocycles. The van der Waals surface area contributed by atoms with Crippen LogP contribution in [0.1, 0.15) is 0 Å². The van der Waals surface area contributed by atoms with Crippen LogP contribution in [0.15, 0.2) is 194 Å². The Bertz CT molecular complexity index is 3150. The number of para-hydroxylation sites is 4. The molecule has 0 fully saturated rings. The lowest BCUT2D eigenvalue weighted by Crippen LogP contribution is -1.93. The summed E-state index contributed by atoms with van der Waals surface area (Å²) in [5.41, 5.74) is 12.1. The van der Waals surface area contributed by atoms with Crippen molar-refractivity contribution in [3.8, 4) is 33.6 Å². The van der Waals surface area contributed by atoms with E-state index in [2.05, 4.69) is 203 Å². The van der Waals surface area contributed by atoms with Gasteiger partial charge in [-0.3, -0.25) is 0 Å². The normalized spacial score (nSPS) is 11.8. The molecule has 0 saturated carbocycles. The third-order valence-corrected chi connectivity index (χ3v) is 10.9. The quantitative estimate of drug-likeness (QED) is 0.166. The molecule has 2 heterocycles. The van der Waals surface area contributed by atoms with Gasteiger partial charge < -0.3 is 9.13 Å². The number of hydrogen-bond donors (Lipinski definition) is 0. The largest absolute Gasteiger partial charge is 0.309 e. The van der Waals surface area contributed by atoms with Gasteiger partial charge in [-0.25, -0.2) is 0 Å². The average molecular weight is 661 g/mol. The number of benzene rings is 9. The maximum atomic E-state index is 2.43. The van der Waals surface area contributed by atoms with E-state index in [9.17, 15) is 0 Å². The summed E-state index contributed by atoms with van der Waals surface area (Å²) in [5, 5.41) is 10.0. The maximum absolute atomic E-state index is 2.43. The van der Waals surface area contributed by atoms with Gasteiger partial charge in [-0.15, -0.1) is 0 Å². The first-order valence-corrected chi connectivity index (χ1v) is 17.9. The smallest absolute Gasteiger partial charge is 0.0547 e. The molecule has 2 heteroatoms. The molecule has 0 spiro atoms. The van der Waals surface area contributed by atoms with Gasteiger partial charge in [-0.2, -0.15) is 0 Å². The molecule has 0 saturated heterocycles. The van der Waals surface area contributed by atoms with E-state index in [1.54, 1.807) is 0 Å². The molecule has 0 amide bonds. The highest BCUT2D eigenvalue weighted by Gasteiger charge is 2.18. The molecular weight excluding hydrogens is 629 g/mol. The number of aromatic nitrogens is 2. The molecule has 0 aliphatic carbocycles. The monoisotopic (exact) mass is 660 g/mol. The summed E-state index contributed by atoms with van der Waals surface area (Å²) >= 11 is 0. The highest BCUT2D eigenvalue weighted by atomic mass is 15.0. The van der Waals surface area contributed by atoms with Crippen LogP contribution in [0.25, 0.3) is 98.8 Å². The Labute approximate surface area is 301 Å². The molecular formula is C50H32N2. The van der Waals surface area contributed by atoms with Crippen LogP contribution in [0.5, 0.6) is 0 Å². The van der Waals surface area contributed by atoms with Crippen LogP contribution in [0.3, 0.4) is 0 Å². The second-order valence-electron chi connectivity index (χ2n) is 13.7. The van der Waals surface area contributed by atoms with Crippen molar-refractivity contribution in [3.63, 3.8) is 0 Å². The summed E-state index contributed by atoms with van der Waals surface area (Å²) in [4.78, 5) is 0. The predicted molar refractivity (Wildman–Crippen MR) is 221 cm³/mol. The fraction of sp³-hybridized carbons (Fsp3) is 0. The van der Waals surface area contributed by atoms with Crippen LogP contribution in [0.2, 0.25) is 0 Å². The second kappa shape index (κ2) is 11.3. The predicted octanol–water partition coefficient (Wildman–Crippen LogP) is 13.5. The van der Waals surface area contributed by atoms with E-state index in [1.807, 2.05) is 0 Å². The highest BCUT2D eigenvalue weighted by molar-refractivity contribution is 6.21. The molecule has 0 aliphatic heterocycles. The highest BCUT2D eigenvalue weighted by Crippen LogP contribution is 2.43. The molecule has 2 nitrogen and oxygen atoms in total. The Balaban J connectivity index is 1.23. The molecule has 0 aliphatic rings. The molecule has 0 unspecified atom stereocenters. The minimum atomic E-state index is 1.17. The SMILES string of the molecule is c1ccc(-c2ccc3c(c2)c(-c2ccc4c(c2)c2ccccc2n4-c2ccccc2)cc2cc4c5ccccc5n(-c5ccccc5)c4cc23)cc1. The first-order valence-electron chi connectivity index (χ1n) is 17.9. The van der Waals surface area contributed by atoms with Crippen molar-refractivity contribution >= 4 is 65.2 Å². The fourth-order valence-electron chi connectivity index (χ4n) is 8.52. The van der Waals surface area contributed by atoms with Gasteiger partial charge >= 0.3 is 0 Å². The lowest BCUT2D eigenvalue weighted by atomic mass is 9.90. The van der Waals surface area contributed by atoms with Gasteiger partial charge in [0.05, 0.1) is 22.1 Å². The summed E-state index contributed by atoms with van der Waals surface area (Å²) in [6.45, 7) is 0. The van der Waals surface area contributed by atoms with Crippen molar-refractivity contribution in [2.75, 3.05) is 0 Å². The number of hydrogen-bond acceptors (Lipinski definition) is 0. The zero-order valence-electron chi connectivity index (χ0n) is 28.4. The van der Waals surface area contributed by atoms with Crippen LogP contribution >= 0.6 is 0 Å². The van der Waals surface area contributed by atoms with Crippen molar-refractivity contribution in [1.29, 1.82) is 0 Å². The molecule has 0 radical (unpaired) electrons. The molecule has 52 heavy (non-hydrogen) atoms. The lowest BCUT2D eigenvalue weighted by molar-refractivity contribution is 1.18. The van der Waals surface area contributed by atoms with Crippen molar-refractivity contribution in [3.05, 3.63) is 194 Å². The standard InChI is InChI=1S/C50H32N2/c1-4-14-33(15-5-1)34-24-26-39-43-32-50-46(41-21-11-13-23-48(41)52(50)38-18-8-3-9-19-38)31-36(43)30-42(44(39)28-34)35-25-27-49-45(29-35)40-20-10-12-22-47(40)51(49)37-16-6-2-7-17-37/h1-32H. The molecule has 0 N–H and O–H groups in total. The topological polar surface area (TPSA) is 9.86 Å². The van der Waals surface area contributed by atoms with Gasteiger partial charge in [0, 0.05) is 32.9 Å². The molecule has 11 rings (SSSR count). The fourth-order valence-corrected chi connectivity index (χ4v) is 8.52. The van der Waals surface area contributed by atoms with E-state index < -0.39 is 0 Å². The van der Waals surface area contributed by atoms with Gasteiger partial charge in [-0.1, -0.05) is 121 Å². The minimum Gasteiger partial charge on any atom is -0.309 e. The zero-order valence-corrected chi connectivity index (χ0v) is 28.4. The number of fused-ring (bicyclic) bond motifs is 9. The van der Waals surface area contributed by atoms with E-state index in [-0.39, 0.29) is 0 Å². The Kier molecular flexibility index (Phi) is 6.28. The zero-order chi connectivity index (χ0) is 34.2.